The van der Waals surface area contributed by atoms with E-state index >= 15 is 0 Å². The van der Waals surface area contributed by atoms with Crippen molar-refractivity contribution in [2.24, 2.45) is 0 Å². The highest BCUT2D eigenvalue weighted by atomic mass is 16.1. The highest BCUT2D eigenvalue weighted by Crippen LogP contribution is 2.22. The number of carbonyl (C=O) groups is 1. The second-order valence-corrected chi connectivity index (χ2v) is 6.92. The third-order valence-corrected chi connectivity index (χ3v) is 5.08. The van der Waals surface area contributed by atoms with Gasteiger partial charge in [-0.25, -0.2) is 4.98 Å². The molecule has 0 spiro atoms. The number of rotatable bonds is 6. The van der Waals surface area contributed by atoms with Crippen molar-refractivity contribution < 1.29 is 4.79 Å². The van der Waals surface area contributed by atoms with Gasteiger partial charge in [0.2, 0.25) is 0 Å². The molecule has 3 aromatic rings. The highest BCUT2D eigenvalue weighted by Gasteiger charge is 2.15. The lowest BCUT2D eigenvalue weighted by Gasteiger charge is -2.13. The van der Waals surface area contributed by atoms with Crippen LogP contribution in [0, 0.1) is 0 Å². The normalized spacial score (nSPS) is 14.6. The van der Waals surface area contributed by atoms with Crippen LogP contribution in [0.3, 0.4) is 0 Å². The van der Waals surface area contributed by atoms with Crippen LogP contribution in [0.25, 0.3) is 10.9 Å². The molecule has 0 saturated heterocycles. The van der Waals surface area contributed by atoms with Crippen LogP contribution in [-0.4, -0.2) is 28.5 Å². The molecule has 0 atom stereocenters. The van der Waals surface area contributed by atoms with E-state index in [1.54, 1.807) is 12.3 Å². The average Bonchev–Trinajstić information content (AvgIpc) is 3.32. The number of nitrogens with zero attached hydrogens (tertiary/aromatic N) is 1. The first-order valence-corrected chi connectivity index (χ1v) is 9.35. The Morgan fingerprint density at radius 2 is 2.00 bits per heavy atom. The summed E-state index contributed by atoms with van der Waals surface area (Å²) in [4.78, 5) is 19.9. The summed E-state index contributed by atoms with van der Waals surface area (Å²) in [7, 11) is 0. The molecule has 1 aromatic carbocycles. The van der Waals surface area contributed by atoms with Gasteiger partial charge < -0.3 is 15.6 Å². The van der Waals surface area contributed by atoms with Crippen LogP contribution in [0.1, 0.15) is 41.7 Å². The Morgan fingerprint density at radius 1 is 1.15 bits per heavy atom. The molecule has 1 aliphatic rings. The molecule has 134 valence electrons. The van der Waals surface area contributed by atoms with Gasteiger partial charge in [0.15, 0.2) is 0 Å². The number of benzene rings is 1. The summed E-state index contributed by atoms with van der Waals surface area (Å²) >= 11 is 0. The zero-order valence-electron chi connectivity index (χ0n) is 14.8. The Hall–Kier alpha value is -2.82. The number of aromatic nitrogens is 2. The largest absolute Gasteiger partial charge is 0.381 e. The number of pyridine rings is 1. The molecular formula is C21H24N4O. The minimum absolute atomic E-state index is 0.128. The number of fused-ring (bicyclic) bond motifs is 1. The van der Waals surface area contributed by atoms with Gasteiger partial charge in [-0.3, -0.25) is 4.79 Å². The number of hydrogen-bond donors (Lipinski definition) is 3. The molecule has 0 radical (unpaired) electrons. The quantitative estimate of drug-likeness (QED) is 0.633. The summed E-state index contributed by atoms with van der Waals surface area (Å²) < 4.78 is 0. The van der Waals surface area contributed by atoms with E-state index < -0.39 is 0 Å². The molecule has 2 heterocycles. The van der Waals surface area contributed by atoms with Crippen LogP contribution in [0.4, 0.5) is 5.69 Å². The number of nitrogens with one attached hydrogen (secondary N) is 3. The SMILES string of the molecule is O=C(NCCc1c[nH]c2ccccc12)c1ccc(NC2CCCC2)cn1. The van der Waals surface area contributed by atoms with Crippen molar-refractivity contribution in [3.8, 4) is 0 Å². The fraction of sp³-hybridized carbons (Fsp3) is 0.333. The summed E-state index contributed by atoms with van der Waals surface area (Å²) in [6.07, 6.45) is 9.58. The summed E-state index contributed by atoms with van der Waals surface area (Å²) in [5, 5.41) is 7.66. The Kier molecular flexibility index (Phi) is 4.86. The van der Waals surface area contributed by atoms with Gasteiger partial charge in [-0.15, -0.1) is 0 Å². The van der Waals surface area contributed by atoms with Crippen molar-refractivity contribution in [3.05, 3.63) is 60.0 Å². The summed E-state index contributed by atoms with van der Waals surface area (Å²) in [5.41, 5.74) is 3.79. The second kappa shape index (κ2) is 7.60. The molecule has 3 N–H and O–H groups in total. The molecule has 1 amide bonds. The topological polar surface area (TPSA) is 69.8 Å². The molecule has 5 heteroatoms. The monoisotopic (exact) mass is 348 g/mol. The molecule has 0 unspecified atom stereocenters. The van der Waals surface area contributed by atoms with Crippen molar-refractivity contribution >= 4 is 22.5 Å². The van der Waals surface area contributed by atoms with Gasteiger partial charge in [-0.1, -0.05) is 31.0 Å². The highest BCUT2D eigenvalue weighted by molar-refractivity contribution is 5.92. The zero-order valence-corrected chi connectivity index (χ0v) is 14.8. The van der Waals surface area contributed by atoms with Crippen molar-refractivity contribution in [2.45, 2.75) is 38.1 Å². The lowest BCUT2D eigenvalue weighted by molar-refractivity contribution is 0.0949. The number of amides is 1. The van der Waals surface area contributed by atoms with E-state index in [-0.39, 0.29) is 5.91 Å². The molecule has 1 aliphatic carbocycles. The predicted octanol–water partition coefficient (Wildman–Crippen LogP) is 3.89. The van der Waals surface area contributed by atoms with Crippen molar-refractivity contribution in [1.29, 1.82) is 0 Å². The van der Waals surface area contributed by atoms with Crippen LogP contribution in [0.2, 0.25) is 0 Å². The first kappa shape index (κ1) is 16.6. The Morgan fingerprint density at radius 3 is 2.81 bits per heavy atom. The number of H-pyrrole nitrogens is 1. The van der Waals surface area contributed by atoms with Gasteiger partial charge in [0.25, 0.3) is 5.91 Å². The molecule has 2 aromatic heterocycles. The standard InChI is InChI=1S/C21H24N4O/c26-21(20-10-9-17(14-24-20)25-16-5-1-2-6-16)22-12-11-15-13-23-19-8-4-3-7-18(15)19/h3-4,7-10,13-14,16,23,25H,1-2,5-6,11-12H2,(H,22,26). The third kappa shape index (κ3) is 3.72. The summed E-state index contributed by atoms with van der Waals surface area (Å²) in [6, 6.07) is 12.5. The van der Waals surface area contributed by atoms with E-state index in [1.165, 1.54) is 36.6 Å². The molecule has 4 rings (SSSR count). The van der Waals surface area contributed by atoms with Crippen molar-refractivity contribution in [3.63, 3.8) is 0 Å². The van der Waals surface area contributed by atoms with Gasteiger partial charge in [0.1, 0.15) is 5.69 Å². The number of anilines is 1. The van der Waals surface area contributed by atoms with E-state index in [4.69, 9.17) is 0 Å². The van der Waals surface area contributed by atoms with Crippen molar-refractivity contribution in [1.82, 2.24) is 15.3 Å². The van der Waals surface area contributed by atoms with Crippen LogP contribution in [-0.2, 0) is 6.42 Å². The van der Waals surface area contributed by atoms with Gasteiger partial charge in [-0.2, -0.15) is 0 Å². The average molecular weight is 348 g/mol. The first-order valence-electron chi connectivity index (χ1n) is 9.35. The lowest BCUT2D eigenvalue weighted by atomic mass is 10.1. The van der Waals surface area contributed by atoms with Crippen LogP contribution in [0.5, 0.6) is 0 Å². The smallest absolute Gasteiger partial charge is 0.269 e. The van der Waals surface area contributed by atoms with Crippen LogP contribution in [0.15, 0.2) is 48.8 Å². The lowest BCUT2D eigenvalue weighted by Crippen LogP contribution is -2.26. The maximum absolute atomic E-state index is 12.3. The van der Waals surface area contributed by atoms with E-state index in [1.807, 2.05) is 24.4 Å². The van der Waals surface area contributed by atoms with Gasteiger partial charge in [-0.05, 0) is 43.0 Å². The van der Waals surface area contributed by atoms with Gasteiger partial charge >= 0.3 is 0 Å². The van der Waals surface area contributed by atoms with E-state index in [2.05, 4.69) is 32.7 Å². The van der Waals surface area contributed by atoms with Gasteiger partial charge in [0.05, 0.1) is 11.9 Å². The first-order chi connectivity index (χ1) is 12.8. The van der Waals surface area contributed by atoms with E-state index in [0.29, 0.717) is 18.3 Å². The second-order valence-electron chi connectivity index (χ2n) is 6.92. The predicted molar refractivity (Wildman–Crippen MR) is 104 cm³/mol. The Bertz CT molecular complexity index is 878. The fourth-order valence-corrected chi connectivity index (χ4v) is 3.66. The van der Waals surface area contributed by atoms with Gasteiger partial charge in [0, 0.05) is 29.7 Å². The number of aromatic amines is 1. The minimum Gasteiger partial charge on any atom is -0.381 e. The summed E-state index contributed by atoms with van der Waals surface area (Å²) in [6.45, 7) is 0.588. The number of hydrogen-bond acceptors (Lipinski definition) is 3. The molecule has 26 heavy (non-hydrogen) atoms. The van der Waals surface area contributed by atoms with E-state index in [0.717, 1.165) is 17.6 Å². The Balaban J connectivity index is 1.30. The minimum atomic E-state index is -0.128. The molecule has 5 nitrogen and oxygen atoms in total. The maximum atomic E-state index is 12.3. The number of carbonyl (C=O) groups excluding carboxylic acids is 1. The molecule has 0 bridgehead atoms. The maximum Gasteiger partial charge on any atom is 0.269 e. The molecular weight excluding hydrogens is 324 g/mol. The molecule has 0 aliphatic heterocycles. The third-order valence-electron chi connectivity index (χ3n) is 5.08. The van der Waals surface area contributed by atoms with E-state index in [9.17, 15) is 4.79 Å². The van der Waals surface area contributed by atoms with Crippen LogP contribution >= 0.6 is 0 Å². The summed E-state index contributed by atoms with van der Waals surface area (Å²) in [5.74, 6) is -0.128. The van der Waals surface area contributed by atoms with Crippen LogP contribution < -0.4 is 10.6 Å². The molecule has 1 fully saturated rings. The molecule has 1 saturated carbocycles. The fourth-order valence-electron chi connectivity index (χ4n) is 3.66. The Labute approximate surface area is 153 Å². The van der Waals surface area contributed by atoms with Crippen molar-refractivity contribution in [2.75, 3.05) is 11.9 Å². The number of para-hydroxylation sites is 1. The zero-order chi connectivity index (χ0) is 17.8.